The van der Waals surface area contributed by atoms with E-state index in [1.54, 1.807) is 17.7 Å². The summed E-state index contributed by atoms with van der Waals surface area (Å²) in [6.07, 6.45) is 17.0. The number of benzene rings is 1. The second-order valence-corrected chi connectivity index (χ2v) is 6.83. The predicted molar refractivity (Wildman–Crippen MR) is 93.5 cm³/mol. The van der Waals surface area contributed by atoms with Gasteiger partial charge >= 0.3 is 0 Å². The quantitative estimate of drug-likeness (QED) is 0.346. The number of hydrogen-bond acceptors (Lipinski definition) is 0. The van der Waals surface area contributed by atoms with Crippen molar-refractivity contribution in [1.82, 2.24) is 0 Å². The molecule has 1 aliphatic carbocycles. The van der Waals surface area contributed by atoms with Gasteiger partial charge in [0.05, 0.1) is 0 Å². The van der Waals surface area contributed by atoms with Crippen LogP contribution in [0.5, 0.6) is 0 Å². The summed E-state index contributed by atoms with van der Waals surface area (Å²) in [5.41, 5.74) is 2.87. The Morgan fingerprint density at radius 1 is 1.00 bits per heavy atom. The Balaban J connectivity index is 1.63. The molecule has 22 heavy (non-hydrogen) atoms. The molecule has 0 fully saturated rings. The van der Waals surface area contributed by atoms with Gasteiger partial charge in [0.15, 0.2) is 0 Å². The molecule has 1 atom stereocenters. The molecule has 0 saturated heterocycles. The van der Waals surface area contributed by atoms with Crippen LogP contribution in [-0.4, -0.2) is 0 Å². The van der Waals surface area contributed by atoms with Crippen LogP contribution >= 0.6 is 0 Å². The molecule has 0 heterocycles. The first-order chi connectivity index (χ1) is 10.8. The van der Waals surface area contributed by atoms with Crippen LogP contribution in [0.25, 0.3) is 0 Å². The molecule has 0 spiro atoms. The molecule has 1 aromatic carbocycles. The number of aryl methyl sites for hydroxylation is 1. The fraction of sp³-hybridized carbons (Fsp3) is 0.619. The van der Waals surface area contributed by atoms with Crippen molar-refractivity contribution in [1.29, 1.82) is 0 Å². The lowest BCUT2D eigenvalue weighted by Crippen LogP contribution is -2.06. The molecule has 1 unspecified atom stereocenters. The predicted octanol–water partition coefficient (Wildman–Crippen LogP) is 6.85. The molecule has 0 aromatic heterocycles. The minimum Gasteiger partial charge on any atom is -0.207 e. The molecule has 1 heteroatoms. The van der Waals surface area contributed by atoms with Crippen LogP contribution in [-0.2, 0) is 6.42 Å². The molecule has 2 rings (SSSR count). The molecule has 0 N–H and O–H groups in total. The van der Waals surface area contributed by atoms with Crippen molar-refractivity contribution in [2.45, 2.75) is 77.6 Å². The second kappa shape index (κ2) is 9.82. The molecule has 122 valence electrons. The van der Waals surface area contributed by atoms with Gasteiger partial charge in [-0.25, -0.2) is 4.39 Å². The van der Waals surface area contributed by atoms with Gasteiger partial charge in [-0.2, -0.15) is 0 Å². The fourth-order valence-corrected chi connectivity index (χ4v) is 3.42. The van der Waals surface area contributed by atoms with Crippen molar-refractivity contribution in [3.8, 4) is 0 Å². The van der Waals surface area contributed by atoms with Gasteiger partial charge in [-0.3, -0.25) is 0 Å². The van der Waals surface area contributed by atoms with E-state index in [1.165, 1.54) is 63.4 Å². The first kappa shape index (κ1) is 17.2. The maximum Gasteiger partial charge on any atom is 0.123 e. The first-order valence-electron chi connectivity index (χ1n) is 9.20. The Labute approximate surface area is 135 Å². The summed E-state index contributed by atoms with van der Waals surface area (Å²) in [6, 6.07) is 6.97. The van der Waals surface area contributed by atoms with Crippen LogP contribution in [0.2, 0.25) is 0 Å². The summed E-state index contributed by atoms with van der Waals surface area (Å²) in [7, 11) is 0. The summed E-state index contributed by atoms with van der Waals surface area (Å²) in [6.45, 7) is 2.28. The Bertz CT molecular complexity index is 443. The SMILES string of the molecule is CCCCCCCC1CC=C(CCc2ccc(F)cc2)CC1. The minimum absolute atomic E-state index is 0.137. The van der Waals surface area contributed by atoms with Crippen molar-refractivity contribution < 1.29 is 4.39 Å². The zero-order valence-corrected chi connectivity index (χ0v) is 14.1. The molecule has 0 aliphatic heterocycles. The van der Waals surface area contributed by atoms with Gasteiger partial charge < -0.3 is 0 Å². The average molecular weight is 302 g/mol. The summed E-state index contributed by atoms with van der Waals surface area (Å²) >= 11 is 0. The summed E-state index contributed by atoms with van der Waals surface area (Å²) in [5, 5.41) is 0. The van der Waals surface area contributed by atoms with Gasteiger partial charge in [0.2, 0.25) is 0 Å². The minimum atomic E-state index is -0.137. The van der Waals surface area contributed by atoms with Crippen LogP contribution in [0.15, 0.2) is 35.9 Å². The molecule has 1 aromatic rings. The van der Waals surface area contributed by atoms with Crippen molar-refractivity contribution >= 4 is 0 Å². The zero-order valence-electron chi connectivity index (χ0n) is 14.1. The van der Waals surface area contributed by atoms with Crippen molar-refractivity contribution in [3.63, 3.8) is 0 Å². The third-order valence-corrected chi connectivity index (χ3v) is 4.98. The lowest BCUT2D eigenvalue weighted by atomic mass is 9.84. The summed E-state index contributed by atoms with van der Waals surface area (Å²) < 4.78 is 12.9. The highest BCUT2D eigenvalue weighted by Gasteiger charge is 2.14. The van der Waals surface area contributed by atoms with Crippen LogP contribution in [0, 0.1) is 11.7 Å². The number of rotatable bonds is 9. The number of hydrogen-bond donors (Lipinski definition) is 0. The van der Waals surface area contributed by atoms with Gasteiger partial charge in [-0.1, -0.05) is 69.2 Å². The van der Waals surface area contributed by atoms with Gasteiger partial charge in [0.25, 0.3) is 0 Å². The normalized spacial score (nSPS) is 18.3. The highest BCUT2D eigenvalue weighted by atomic mass is 19.1. The van der Waals surface area contributed by atoms with Crippen LogP contribution in [0.1, 0.15) is 76.7 Å². The Morgan fingerprint density at radius 2 is 1.77 bits per heavy atom. The van der Waals surface area contributed by atoms with E-state index in [2.05, 4.69) is 13.0 Å². The van der Waals surface area contributed by atoms with Crippen molar-refractivity contribution in [2.75, 3.05) is 0 Å². The molecule has 0 bridgehead atoms. The first-order valence-corrected chi connectivity index (χ1v) is 9.20. The molecule has 0 radical (unpaired) electrons. The number of halogens is 1. The maximum absolute atomic E-state index is 12.9. The Kier molecular flexibility index (Phi) is 7.70. The van der Waals surface area contributed by atoms with Crippen LogP contribution in [0.4, 0.5) is 4.39 Å². The van der Waals surface area contributed by atoms with E-state index < -0.39 is 0 Å². The fourth-order valence-electron chi connectivity index (χ4n) is 3.42. The molecular formula is C21H31F. The van der Waals surface area contributed by atoms with E-state index in [0.717, 1.165) is 18.8 Å². The highest BCUT2D eigenvalue weighted by Crippen LogP contribution is 2.30. The topological polar surface area (TPSA) is 0 Å². The lowest BCUT2D eigenvalue weighted by Gasteiger charge is -2.22. The smallest absolute Gasteiger partial charge is 0.123 e. The Hall–Kier alpha value is -1.11. The second-order valence-electron chi connectivity index (χ2n) is 6.83. The van der Waals surface area contributed by atoms with Gasteiger partial charge in [0, 0.05) is 0 Å². The molecule has 0 nitrogen and oxygen atoms in total. The molecule has 1 aliphatic rings. The van der Waals surface area contributed by atoms with Gasteiger partial charge in [-0.05, 0) is 55.7 Å². The molecular weight excluding hydrogens is 271 g/mol. The third kappa shape index (κ3) is 6.34. The van der Waals surface area contributed by atoms with Gasteiger partial charge in [-0.15, -0.1) is 0 Å². The Morgan fingerprint density at radius 3 is 2.45 bits per heavy atom. The van der Waals surface area contributed by atoms with E-state index >= 15 is 0 Å². The molecule has 0 amide bonds. The summed E-state index contributed by atoms with van der Waals surface area (Å²) in [4.78, 5) is 0. The van der Waals surface area contributed by atoms with Crippen molar-refractivity contribution in [3.05, 3.63) is 47.3 Å². The zero-order chi connectivity index (χ0) is 15.6. The average Bonchev–Trinajstić information content (AvgIpc) is 2.55. The standard InChI is InChI=1S/C21H31F/c1-2-3-4-5-6-7-18-8-10-19(11-9-18)12-13-20-14-16-21(22)17-15-20/h10,14-18H,2-9,11-13H2,1H3. The van der Waals surface area contributed by atoms with Crippen LogP contribution < -0.4 is 0 Å². The largest absolute Gasteiger partial charge is 0.207 e. The monoisotopic (exact) mass is 302 g/mol. The van der Waals surface area contributed by atoms with E-state index in [0.29, 0.717) is 0 Å². The summed E-state index contributed by atoms with van der Waals surface area (Å²) in [5.74, 6) is 0.790. The van der Waals surface area contributed by atoms with E-state index in [4.69, 9.17) is 0 Å². The van der Waals surface area contributed by atoms with E-state index in [-0.39, 0.29) is 5.82 Å². The van der Waals surface area contributed by atoms with Crippen molar-refractivity contribution in [2.24, 2.45) is 5.92 Å². The molecule has 0 saturated carbocycles. The van der Waals surface area contributed by atoms with Crippen LogP contribution in [0.3, 0.4) is 0 Å². The number of unbranched alkanes of at least 4 members (excludes halogenated alkanes) is 4. The lowest BCUT2D eigenvalue weighted by molar-refractivity contribution is 0.410. The van der Waals surface area contributed by atoms with Gasteiger partial charge in [0.1, 0.15) is 5.82 Å². The number of allylic oxidation sites excluding steroid dienone is 2. The highest BCUT2D eigenvalue weighted by molar-refractivity contribution is 5.18. The maximum atomic E-state index is 12.9. The third-order valence-electron chi connectivity index (χ3n) is 4.98. The van der Waals surface area contributed by atoms with E-state index in [9.17, 15) is 4.39 Å². The van der Waals surface area contributed by atoms with E-state index in [1.807, 2.05) is 12.1 Å².